The van der Waals surface area contributed by atoms with Gasteiger partial charge in [0.2, 0.25) is 0 Å². The van der Waals surface area contributed by atoms with E-state index in [1.54, 1.807) is 6.07 Å². The average molecular weight is 511 g/mol. The molecule has 0 spiro atoms. The van der Waals surface area contributed by atoms with Gasteiger partial charge in [0.05, 0.1) is 24.4 Å². The molecule has 2 aromatic rings. The molecule has 1 aromatic carbocycles. The monoisotopic (exact) mass is 511 g/mol. The van der Waals surface area contributed by atoms with Crippen LogP contribution < -0.4 is 15.0 Å². The van der Waals surface area contributed by atoms with Crippen LogP contribution in [0.3, 0.4) is 0 Å². The van der Waals surface area contributed by atoms with Crippen molar-refractivity contribution in [1.82, 2.24) is 10.5 Å². The number of Topliss-reactive ketones (excluding diaryl/α,β-unsaturated/α-hetero) is 1. The van der Waals surface area contributed by atoms with Crippen LogP contribution in [0.1, 0.15) is 12.0 Å². The molecule has 0 saturated carbocycles. The molecule has 0 bridgehead atoms. The largest absolute Gasteiger partial charge is 0.471 e. The number of ether oxygens (including phenoxy) is 2. The van der Waals surface area contributed by atoms with Crippen molar-refractivity contribution in [3.05, 3.63) is 48.0 Å². The first-order valence-corrected chi connectivity index (χ1v) is 12.4. The number of aliphatic hydroxyl groups is 1. The number of cyclic esters (lactones) is 1. The molecule has 188 valence electrons. The molecule has 4 N–H and O–H groups in total. The van der Waals surface area contributed by atoms with Crippen LogP contribution in [-0.4, -0.2) is 76.0 Å². The van der Waals surface area contributed by atoms with Crippen molar-refractivity contribution >= 4 is 30.7 Å². The van der Waals surface area contributed by atoms with Gasteiger partial charge in [-0.15, -0.1) is 0 Å². The molecule has 3 atom stereocenters. The summed E-state index contributed by atoms with van der Waals surface area (Å²) in [5, 5.41) is 16.3. The molecule has 1 amide bonds. The summed E-state index contributed by atoms with van der Waals surface area (Å²) in [6.07, 6.45) is -0.966. The second-order valence-electron chi connectivity index (χ2n) is 8.07. The van der Waals surface area contributed by atoms with Gasteiger partial charge in [-0.2, -0.15) is 0 Å². The molecular formula is C21H23FN3O9P. The molecule has 14 heteroatoms. The van der Waals surface area contributed by atoms with E-state index in [1.165, 1.54) is 35.4 Å². The molecule has 0 aliphatic carbocycles. The second kappa shape index (κ2) is 10.3. The van der Waals surface area contributed by atoms with E-state index in [4.69, 9.17) is 19.3 Å². The fraction of sp³-hybridized carbons (Fsp3) is 0.381. The minimum absolute atomic E-state index is 0.0402. The van der Waals surface area contributed by atoms with Crippen LogP contribution in [0.5, 0.6) is 5.88 Å². The Labute approximate surface area is 198 Å². The van der Waals surface area contributed by atoms with Gasteiger partial charge in [-0.1, -0.05) is 6.08 Å². The third-order valence-electron chi connectivity index (χ3n) is 5.49. The number of carbonyl (C=O) groups is 2. The van der Waals surface area contributed by atoms with Gasteiger partial charge in [-0.25, -0.2) is 9.18 Å². The van der Waals surface area contributed by atoms with Crippen LogP contribution >= 0.6 is 7.60 Å². The van der Waals surface area contributed by atoms with E-state index in [0.29, 0.717) is 12.0 Å². The minimum atomic E-state index is -4.59. The van der Waals surface area contributed by atoms with Gasteiger partial charge < -0.3 is 34.2 Å². The van der Waals surface area contributed by atoms with Gasteiger partial charge in [0.1, 0.15) is 24.8 Å². The number of aromatic nitrogens is 1. The topological polar surface area (TPSA) is 172 Å². The Morgan fingerprint density at radius 1 is 1.37 bits per heavy atom. The molecule has 0 radical (unpaired) electrons. The van der Waals surface area contributed by atoms with Crippen LogP contribution in [0, 0.1) is 5.82 Å². The van der Waals surface area contributed by atoms with E-state index < -0.39 is 49.7 Å². The number of aliphatic hydroxyl groups excluding tert-OH is 1. The zero-order chi connectivity index (χ0) is 25.2. The molecular weight excluding hydrogens is 488 g/mol. The molecule has 1 unspecified atom stereocenters. The van der Waals surface area contributed by atoms with Crippen molar-refractivity contribution in [2.45, 2.75) is 24.7 Å². The van der Waals surface area contributed by atoms with Gasteiger partial charge in [-0.3, -0.25) is 14.3 Å². The summed E-state index contributed by atoms with van der Waals surface area (Å²) >= 11 is 0. The third-order valence-corrected chi connectivity index (χ3v) is 6.31. The summed E-state index contributed by atoms with van der Waals surface area (Å²) in [4.78, 5) is 43.9. The van der Waals surface area contributed by atoms with E-state index in [0.717, 1.165) is 0 Å². The maximum Gasteiger partial charge on any atom is 0.414 e. The van der Waals surface area contributed by atoms with Crippen molar-refractivity contribution in [1.29, 1.82) is 0 Å². The maximum atomic E-state index is 15.0. The third kappa shape index (κ3) is 6.13. The van der Waals surface area contributed by atoms with Crippen molar-refractivity contribution in [2.24, 2.45) is 0 Å². The molecule has 4 rings (SSSR count). The molecule has 3 heterocycles. The predicted octanol–water partition coefficient (Wildman–Crippen LogP) is 1.07. The number of anilines is 1. The van der Waals surface area contributed by atoms with Crippen molar-refractivity contribution < 1.29 is 47.4 Å². The van der Waals surface area contributed by atoms with Crippen LogP contribution in [0.4, 0.5) is 14.9 Å². The van der Waals surface area contributed by atoms with Crippen molar-refractivity contribution in [3.63, 3.8) is 0 Å². The van der Waals surface area contributed by atoms with Crippen LogP contribution in [-0.2, 0) is 14.1 Å². The highest BCUT2D eigenvalue weighted by Gasteiger charge is 2.34. The summed E-state index contributed by atoms with van der Waals surface area (Å²) < 4.78 is 41.4. The zero-order valence-corrected chi connectivity index (χ0v) is 19.1. The minimum Gasteiger partial charge on any atom is -0.471 e. The van der Waals surface area contributed by atoms with E-state index in [-0.39, 0.29) is 36.8 Å². The lowest BCUT2D eigenvalue weighted by Gasteiger charge is -2.24. The number of nitrogens with zero attached hydrogens (tertiary/aromatic N) is 2. The first kappa shape index (κ1) is 25.0. The Balaban J connectivity index is 1.44. The highest BCUT2D eigenvalue weighted by molar-refractivity contribution is 7.51. The maximum absolute atomic E-state index is 15.0. The number of hydrogen-bond acceptors (Lipinski definition) is 9. The van der Waals surface area contributed by atoms with E-state index in [9.17, 15) is 19.3 Å². The standard InChI is InChI=1S/C21H23FN3O9P/c22-16-8-13(25-9-14(34-21(25)28)10-32-19-4-6-33-24-19)1-2-15(16)12-3-5-23-17(7-12)20(27)18(26)11-35(29,30)31/h1-2,4,6-8,14,17-18,23,26H,3,5,9-11H2,(H2,29,30,31)/t14-,17?,18-/m1/s1. The van der Waals surface area contributed by atoms with Gasteiger partial charge in [-0.05, 0) is 35.3 Å². The fourth-order valence-corrected chi connectivity index (χ4v) is 4.47. The molecule has 2 aliphatic heterocycles. The van der Waals surface area contributed by atoms with E-state index in [1.807, 2.05) is 0 Å². The number of amides is 1. The van der Waals surface area contributed by atoms with Crippen LogP contribution in [0.2, 0.25) is 0 Å². The number of rotatable bonds is 9. The lowest BCUT2D eigenvalue weighted by molar-refractivity contribution is -0.127. The molecule has 1 aromatic heterocycles. The predicted molar refractivity (Wildman–Crippen MR) is 118 cm³/mol. The summed E-state index contributed by atoms with van der Waals surface area (Å²) in [6, 6.07) is 4.68. The van der Waals surface area contributed by atoms with Crippen LogP contribution in [0.15, 0.2) is 41.1 Å². The SMILES string of the molecule is O=C(C1C=C(c2ccc(N3C[C@H](COc4ccon4)OC3=O)cc2F)CCN1)[C@H](O)CP(=O)(O)O. The summed E-state index contributed by atoms with van der Waals surface area (Å²) in [5.41, 5.74) is 0.966. The number of benzene rings is 1. The van der Waals surface area contributed by atoms with E-state index in [2.05, 4.69) is 15.0 Å². The lowest BCUT2D eigenvalue weighted by Crippen LogP contribution is -2.44. The lowest BCUT2D eigenvalue weighted by atomic mass is 9.94. The Hall–Kier alpha value is -3.09. The number of hydrogen-bond donors (Lipinski definition) is 4. The molecule has 2 aliphatic rings. The number of halogens is 1. The Kier molecular flexibility index (Phi) is 7.33. The second-order valence-corrected chi connectivity index (χ2v) is 9.76. The molecule has 1 saturated heterocycles. The Morgan fingerprint density at radius 2 is 2.17 bits per heavy atom. The molecule has 35 heavy (non-hydrogen) atoms. The van der Waals surface area contributed by atoms with Gasteiger partial charge >= 0.3 is 13.7 Å². The smallest absolute Gasteiger partial charge is 0.414 e. The van der Waals surface area contributed by atoms with Crippen LogP contribution in [0.25, 0.3) is 5.57 Å². The van der Waals surface area contributed by atoms with Gasteiger partial charge in [0.15, 0.2) is 11.9 Å². The number of carbonyl (C=O) groups excluding carboxylic acids is 2. The molecule has 12 nitrogen and oxygen atoms in total. The van der Waals surface area contributed by atoms with Crippen molar-refractivity contribution in [3.8, 4) is 5.88 Å². The zero-order valence-electron chi connectivity index (χ0n) is 18.2. The number of nitrogens with one attached hydrogen (secondary N) is 1. The summed E-state index contributed by atoms with van der Waals surface area (Å²) in [5.74, 6) is -1.20. The summed E-state index contributed by atoms with van der Waals surface area (Å²) in [7, 11) is -4.59. The Bertz CT molecular complexity index is 1170. The highest BCUT2D eigenvalue weighted by Crippen LogP contribution is 2.35. The quantitative estimate of drug-likeness (QED) is 0.355. The fourth-order valence-electron chi connectivity index (χ4n) is 3.84. The normalized spacial score (nSPS) is 21.4. The first-order chi connectivity index (χ1) is 16.6. The van der Waals surface area contributed by atoms with Crippen molar-refractivity contribution in [2.75, 3.05) is 30.8 Å². The average Bonchev–Trinajstić information content (AvgIpc) is 3.45. The van der Waals surface area contributed by atoms with Gasteiger partial charge in [0, 0.05) is 18.2 Å². The first-order valence-electron chi connectivity index (χ1n) is 10.6. The number of ketones is 1. The van der Waals surface area contributed by atoms with Gasteiger partial charge in [0.25, 0.3) is 5.88 Å². The van der Waals surface area contributed by atoms with E-state index >= 15 is 4.39 Å². The Morgan fingerprint density at radius 3 is 2.86 bits per heavy atom. The summed E-state index contributed by atoms with van der Waals surface area (Å²) in [6.45, 7) is 0.465. The highest BCUT2D eigenvalue weighted by atomic mass is 31.2. The molecule has 1 fully saturated rings.